The first-order chi connectivity index (χ1) is 7.31. The van der Waals surface area contributed by atoms with Gasteiger partial charge in [-0.3, -0.25) is 4.79 Å². The van der Waals surface area contributed by atoms with Crippen LogP contribution in [0.1, 0.15) is 26.7 Å². The Labute approximate surface area is 97.6 Å². The van der Waals surface area contributed by atoms with Crippen LogP contribution in [0.15, 0.2) is 0 Å². The smallest absolute Gasteiger partial charge is 0.323 e. The molecule has 5 heteroatoms. The second-order valence-corrected chi connectivity index (χ2v) is 4.61. The summed E-state index contributed by atoms with van der Waals surface area (Å²) in [6, 6.07) is 0.332. The average Bonchev–Trinajstić information content (AvgIpc) is 2.17. The van der Waals surface area contributed by atoms with Gasteiger partial charge in [-0.15, -0.1) is 0 Å². The molecule has 0 saturated carbocycles. The summed E-state index contributed by atoms with van der Waals surface area (Å²) in [7, 11) is 3.67. The molecule has 5 nitrogen and oxygen atoms in total. The van der Waals surface area contributed by atoms with Crippen LogP contribution in [0.4, 0.5) is 0 Å². The molecule has 0 spiro atoms. The number of ether oxygens (including phenoxy) is 1. The lowest BCUT2D eigenvalue weighted by Crippen LogP contribution is -2.45. The van der Waals surface area contributed by atoms with Gasteiger partial charge in [0.2, 0.25) is 0 Å². The summed E-state index contributed by atoms with van der Waals surface area (Å²) in [6.45, 7) is 5.12. The molecule has 0 saturated heterocycles. The number of carboxylic acid groups (broad SMARTS) is 1. The van der Waals surface area contributed by atoms with Crippen LogP contribution in [0.2, 0.25) is 0 Å². The molecule has 0 aliphatic heterocycles. The van der Waals surface area contributed by atoms with Crippen LogP contribution in [-0.4, -0.2) is 54.9 Å². The molecule has 2 atom stereocenters. The van der Waals surface area contributed by atoms with Crippen molar-refractivity contribution < 1.29 is 14.6 Å². The zero-order valence-corrected chi connectivity index (χ0v) is 10.7. The molecule has 96 valence electrons. The van der Waals surface area contributed by atoms with Crippen molar-refractivity contribution in [1.29, 1.82) is 0 Å². The summed E-state index contributed by atoms with van der Waals surface area (Å²) in [6.07, 6.45) is 1.25. The second kappa shape index (κ2) is 6.83. The summed E-state index contributed by atoms with van der Waals surface area (Å²) in [5.74, 6) is -0.944. The van der Waals surface area contributed by atoms with Crippen molar-refractivity contribution in [2.45, 2.75) is 38.3 Å². The van der Waals surface area contributed by atoms with Gasteiger partial charge in [0.05, 0.1) is 6.61 Å². The molecule has 0 heterocycles. The van der Waals surface area contributed by atoms with E-state index in [1.807, 2.05) is 7.05 Å². The van der Waals surface area contributed by atoms with Gasteiger partial charge in [-0.2, -0.15) is 0 Å². The van der Waals surface area contributed by atoms with Crippen molar-refractivity contribution in [3.05, 3.63) is 0 Å². The van der Waals surface area contributed by atoms with E-state index in [0.717, 1.165) is 13.0 Å². The number of methoxy groups -OCH3 is 1. The maximum absolute atomic E-state index is 10.8. The largest absolute Gasteiger partial charge is 0.480 e. The van der Waals surface area contributed by atoms with Crippen molar-refractivity contribution in [3.63, 3.8) is 0 Å². The Kier molecular flexibility index (Phi) is 6.55. The Balaban J connectivity index is 3.85. The highest BCUT2D eigenvalue weighted by Gasteiger charge is 2.27. The molecule has 16 heavy (non-hydrogen) atoms. The molecule has 0 aromatic heterocycles. The third-order valence-corrected chi connectivity index (χ3v) is 2.86. The second-order valence-electron chi connectivity index (χ2n) is 4.61. The van der Waals surface area contributed by atoms with Crippen LogP contribution in [-0.2, 0) is 9.53 Å². The Morgan fingerprint density at radius 2 is 2.19 bits per heavy atom. The number of aliphatic carboxylic acids is 1. The maximum Gasteiger partial charge on any atom is 0.323 e. The number of hydrogen-bond donors (Lipinski definition) is 2. The van der Waals surface area contributed by atoms with Gasteiger partial charge < -0.3 is 20.5 Å². The lowest BCUT2D eigenvalue weighted by Gasteiger charge is -2.25. The SMILES string of the molecule is COCC(C)N(C)CCCC(C)(N)C(=O)O. The molecule has 0 aliphatic carbocycles. The summed E-state index contributed by atoms with van der Waals surface area (Å²) in [5, 5.41) is 8.84. The predicted molar refractivity (Wildman–Crippen MR) is 63.4 cm³/mol. The summed E-state index contributed by atoms with van der Waals surface area (Å²) in [4.78, 5) is 12.9. The number of nitrogens with two attached hydrogens (primary N) is 1. The number of likely N-dealkylation sites (N-methyl/N-ethyl adjacent to an activating group) is 1. The van der Waals surface area contributed by atoms with E-state index in [2.05, 4.69) is 11.8 Å². The monoisotopic (exact) mass is 232 g/mol. The molecular formula is C11H24N2O3. The molecule has 0 bridgehead atoms. The van der Waals surface area contributed by atoms with E-state index >= 15 is 0 Å². The number of rotatable bonds is 8. The number of nitrogens with zero attached hydrogens (tertiary/aromatic N) is 1. The molecule has 0 fully saturated rings. The molecule has 3 N–H and O–H groups in total. The molecular weight excluding hydrogens is 208 g/mol. The van der Waals surface area contributed by atoms with E-state index in [4.69, 9.17) is 15.6 Å². The van der Waals surface area contributed by atoms with Gasteiger partial charge in [0.25, 0.3) is 0 Å². The van der Waals surface area contributed by atoms with Gasteiger partial charge in [-0.25, -0.2) is 0 Å². The molecule has 0 radical (unpaired) electrons. The van der Waals surface area contributed by atoms with Crippen LogP contribution in [0.5, 0.6) is 0 Å². The summed E-state index contributed by atoms with van der Waals surface area (Å²) >= 11 is 0. The van der Waals surface area contributed by atoms with Gasteiger partial charge in [0.1, 0.15) is 5.54 Å². The van der Waals surface area contributed by atoms with E-state index in [-0.39, 0.29) is 0 Å². The zero-order valence-electron chi connectivity index (χ0n) is 10.7. The van der Waals surface area contributed by atoms with Crippen molar-refractivity contribution in [2.75, 3.05) is 27.3 Å². The fourth-order valence-corrected chi connectivity index (χ4v) is 1.39. The van der Waals surface area contributed by atoms with E-state index in [0.29, 0.717) is 19.1 Å². The third-order valence-electron chi connectivity index (χ3n) is 2.86. The Morgan fingerprint density at radius 1 is 1.62 bits per heavy atom. The highest BCUT2D eigenvalue weighted by atomic mass is 16.5. The highest BCUT2D eigenvalue weighted by molar-refractivity contribution is 5.77. The lowest BCUT2D eigenvalue weighted by atomic mass is 9.97. The van der Waals surface area contributed by atoms with Gasteiger partial charge >= 0.3 is 5.97 Å². The topological polar surface area (TPSA) is 75.8 Å². The maximum atomic E-state index is 10.8. The zero-order chi connectivity index (χ0) is 12.8. The molecule has 0 aromatic rings. The quantitative estimate of drug-likeness (QED) is 0.638. The first-order valence-corrected chi connectivity index (χ1v) is 5.52. The normalized spacial score (nSPS) is 17.1. The van der Waals surface area contributed by atoms with Crippen LogP contribution >= 0.6 is 0 Å². The Hall–Kier alpha value is -0.650. The number of carbonyl (C=O) groups is 1. The lowest BCUT2D eigenvalue weighted by molar-refractivity contribution is -0.142. The number of carboxylic acids is 1. The third kappa shape index (κ3) is 5.44. The van der Waals surface area contributed by atoms with Gasteiger partial charge in [-0.05, 0) is 40.3 Å². The minimum Gasteiger partial charge on any atom is -0.480 e. The van der Waals surface area contributed by atoms with Gasteiger partial charge in [0.15, 0.2) is 0 Å². The minimum absolute atomic E-state index is 0.332. The van der Waals surface area contributed by atoms with E-state index in [9.17, 15) is 4.79 Å². The number of hydrogen-bond acceptors (Lipinski definition) is 4. The van der Waals surface area contributed by atoms with Crippen molar-refractivity contribution in [2.24, 2.45) is 5.73 Å². The van der Waals surface area contributed by atoms with Crippen LogP contribution in [0.3, 0.4) is 0 Å². The first-order valence-electron chi connectivity index (χ1n) is 5.52. The van der Waals surface area contributed by atoms with E-state index in [1.54, 1.807) is 14.0 Å². The Morgan fingerprint density at radius 3 is 2.62 bits per heavy atom. The minimum atomic E-state index is -1.12. The Bertz CT molecular complexity index is 219. The van der Waals surface area contributed by atoms with E-state index in [1.165, 1.54) is 0 Å². The fourth-order valence-electron chi connectivity index (χ4n) is 1.39. The van der Waals surface area contributed by atoms with Gasteiger partial charge in [-0.1, -0.05) is 0 Å². The van der Waals surface area contributed by atoms with Crippen LogP contribution < -0.4 is 5.73 Å². The van der Waals surface area contributed by atoms with Crippen molar-refractivity contribution in [1.82, 2.24) is 4.90 Å². The highest BCUT2D eigenvalue weighted by Crippen LogP contribution is 2.10. The fraction of sp³-hybridized carbons (Fsp3) is 0.909. The summed E-state index contributed by atoms with van der Waals surface area (Å²) in [5.41, 5.74) is 4.52. The molecule has 0 aromatic carbocycles. The van der Waals surface area contributed by atoms with E-state index < -0.39 is 11.5 Å². The van der Waals surface area contributed by atoms with Gasteiger partial charge in [0, 0.05) is 13.2 Å². The average molecular weight is 232 g/mol. The summed E-state index contributed by atoms with van der Waals surface area (Å²) < 4.78 is 5.05. The molecule has 0 aliphatic rings. The van der Waals surface area contributed by atoms with Crippen molar-refractivity contribution in [3.8, 4) is 0 Å². The molecule has 2 unspecified atom stereocenters. The molecule has 0 rings (SSSR count). The van der Waals surface area contributed by atoms with Crippen LogP contribution in [0, 0.1) is 0 Å². The molecule has 0 amide bonds. The first kappa shape index (κ1) is 15.3. The van der Waals surface area contributed by atoms with Crippen LogP contribution in [0.25, 0.3) is 0 Å². The standard InChI is InChI=1S/C11H24N2O3/c1-9(8-16-4)13(3)7-5-6-11(2,12)10(14)15/h9H,5-8,12H2,1-4H3,(H,14,15). The van der Waals surface area contributed by atoms with Crippen molar-refractivity contribution >= 4 is 5.97 Å². The predicted octanol–water partition coefficient (Wildman–Crippen LogP) is 0.535.